The summed E-state index contributed by atoms with van der Waals surface area (Å²) in [5.74, 6) is 2.65. The quantitative estimate of drug-likeness (QED) is 0.426. The first-order valence-electron chi connectivity index (χ1n) is 2.74. The number of carbonyl (C=O) groups excluding carboxylic acids is 1. The van der Waals surface area contributed by atoms with E-state index in [1.165, 1.54) is 14.2 Å². The Kier molecular flexibility index (Phi) is 5.97. The van der Waals surface area contributed by atoms with Gasteiger partial charge in [-0.2, -0.15) is 5.06 Å². The Morgan fingerprint density at radius 2 is 2.27 bits per heavy atom. The molecule has 0 bridgehead atoms. The van der Waals surface area contributed by atoms with Gasteiger partial charge in [-0.15, -0.1) is 0 Å². The third-order valence-corrected chi connectivity index (χ3v) is 1.27. The number of nitrogens with zero attached hydrogens (tertiary/aromatic N) is 1. The number of ether oxygens (including phenoxy) is 1. The molecule has 0 spiro atoms. The molecule has 0 aliphatic rings. The van der Waals surface area contributed by atoms with Crippen LogP contribution in [-0.4, -0.2) is 31.9 Å². The summed E-state index contributed by atoms with van der Waals surface area (Å²) in [5.41, 5.74) is 0. The van der Waals surface area contributed by atoms with E-state index in [-0.39, 0.29) is 6.54 Å². The minimum absolute atomic E-state index is 0.214. The van der Waals surface area contributed by atoms with Crippen LogP contribution < -0.4 is 0 Å². The molecule has 1 amide bonds. The normalized spacial score (nSPS) is 7.91. The molecule has 0 aromatic rings. The molecular formula is C6H8INO3. The van der Waals surface area contributed by atoms with Gasteiger partial charge in [0.25, 0.3) is 0 Å². The molecule has 0 aliphatic heterocycles. The van der Waals surface area contributed by atoms with Gasteiger partial charge in [0.15, 0.2) is 0 Å². The van der Waals surface area contributed by atoms with E-state index in [1.807, 2.05) is 22.6 Å². The molecule has 11 heavy (non-hydrogen) atoms. The van der Waals surface area contributed by atoms with Gasteiger partial charge < -0.3 is 4.74 Å². The van der Waals surface area contributed by atoms with Crippen molar-refractivity contribution in [2.75, 3.05) is 20.8 Å². The number of halogens is 1. The molecule has 5 heteroatoms. The molecule has 0 aromatic carbocycles. The second-order valence-electron chi connectivity index (χ2n) is 1.46. The van der Waals surface area contributed by atoms with Crippen molar-refractivity contribution in [2.24, 2.45) is 0 Å². The first kappa shape index (κ1) is 10.5. The standard InChI is InChI=1S/C6H8INO3/c1-10-6(9)8(11-2)5-3-4-7/h5H2,1-2H3. The smallest absolute Gasteiger partial charge is 0.434 e. The highest BCUT2D eigenvalue weighted by Gasteiger charge is 2.10. The van der Waals surface area contributed by atoms with Crippen LogP contribution in [0.2, 0.25) is 0 Å². The molecule has 0 N–H and O–H groups in total. The van der Waals surface area contributed by atoms with Crippen molar-refractivity contribution in [3.05, 3.63) is 0 Å². The summed E-state index contributed by atoms with van der Waals surface area (Å²) >= 11 is 1.88. The predicted octanol–water partition coefficient (Wildman–Crippen LogP) is 1.01. The largest absolute Gasteiger partial charge is 0.451 e. The van der Waals surface area contributed by atoms with Crippen LogP contribution in [0.3, 0.4) is 0 Å². The van der Waals surface area contributed by atoms with E-state index in [1.54, 1.807) is 0 Å². The Morgan fingerprint density at radius 3 is 2.64 bits per heavy atom. The molecule has 0 aromatic heterocycles. The van der Waals surface area contributed by atoms with Gasteiger partial charge in [-0.05, 0) is 3.93 Å². The Balaban J connectivity index is 3.91. The highest BCUT2D eigenvalue weighted by atomic mass is 127. The van der Waals surface area contributed by atoms with Crippen LogP contribution in [0.5, 0.6) is 0 Å². The zero-order valence-corrected chi connectivity index (χ0v) is 8.41. The molecule has 0 fully saturated rings. The van der Waals surface area contributed by atoms with Crippen LogP contribution in [-0.2, 0) is 9.57 Å². The second kappa shape index (κ2) is 6.24. The number of hydrogen-bond acceptors (Lipinski definition) is 3. The van der Waals surface area contributed by atoms with E-state index in [2.05, 4.69) is 19.4 Å². The first-order chi connectivity index (χ1) is 5.26. The van der Waals surface area contributed by atoms with Crippen LogP contribution in [0.4, 0.5) is 4.79 Å². The minimum atomic E-state index is -0.549. The summed E-state index contributed by atoms with van der Waals surface area (Å²) in [5, 5.41) is 1.02. The van der Waals surface area contributed by atoms with Gasteiger partial charge in [-0.3, -0.25) is 4.84 Å². The van der Waals surface area contributed by atoms with E-state index in [4.69, 9.17) is 0 Å². The molecule has 0 rings (SSSR count). The Labute approximate surface area is 78.9 Å². The summed E-state index contributed by atoms with van der Waals surface area (Å²) in [7, 11) is 2.66. The third-order valence-electron chi connectivity index (χ3n) is 0.888. The lowest BCUT2D eigenvalue weighted by Crippen LogP contribution is -2.29. The molecular weight excluding hydrogens is 261 g/mol. The van der Waals surface area contributed by atoms with Crippen molar-refractivity contribution in [3.8, 4) is 9.85 Å². The van der Waals surface area contributed by atoms with E-state index in [9.17, 15) is 4.79 Å². The van der Waals surface area contributed by atoms with Gasteiger partial charge >= 0.3 is 6.09 Å². The fraction of sp³-hybridized carbons (Fsp3) is 0.500. The Hall–Kier alpha value is -0.480. The maximum atomic E-state index is 10.8. The van der Waals surface area contributed by atoms with E-state index in [0.717, 1.165) is 5.06 Å². The topological polar surface area (TPSA) is 38.8 Å². The lowest BCUT2D eigenvalue weighted by Gasteiger charge is -2.13. The SMILES string of the molecule is COC(=O)N(CC#CI)OC. The van der Waals surface area contributed by atoms with Gasteiger partial charge in [0.1, 0.15) is 6.54 Å². The average Bonchev–Trinajstić information content (AvgIpc) is 2.05. The minimum Gasteiger partial charge on any atom is -0.451 e. The number of carbonyl (C=O) groups is 1. The van der Waals surface area contributed by atoms with Crippen molar-refractivity contribution in [1.29, 1.82) is 0 Å². The lowest BCUT2D eigenvalue weighted by atomic mass is 10.7. The number of rotatable bonds is 2. The highest BCUT2D eigenvalue weighted by molar-refractivity contribution is 14.1. The van der Waals surface area contributed by atoms with E-state index >= 15 is 0 Å². The second-order valence-corrected chi connectivity index (χ2v) is 2.00. The maximum absolute atomic E-state index is 10.8. The summed E-state index contributed by atoms with van der Waals surface area (Å²) in [6.07, 6.45) is -0.549. The summed E-state index contributed by atoms with van der Waals surface area (Å²) in [6, 6.07) is 0. The van der Waals surface area contributed by atoms with Crippen LogP contribution in [0.25, 0.3) is 0 Å². The number of hydrogen-bond donors (Lipinski definition) is 0. The van der Waals surface area contributed by atoms with Crippen LogP contribution in [0.15, 0.2) is 0 Å². The Morgan fingerprint density at radius 1 is 1.64 bits per heavy atom. The number of methoxy groups -OCH3 is 1. The number of amides is 1. The van der Waals surface area contributed by atoms with Crippen molar-refractivity contribution < 1.29 is 14.4 Å². The predicted molar refractivity (Wildman–Crippen MR) is 47.9 cm³/mol. The van der Waals surface area contributed by atoms with Crippen LogP contribution in [0.1, 0.15) is 0 Å². The molecule has 0 atom stereocenters. The van der Waals surface area contributed by atoms with Gasteiger partial charge in [0.05, 0.1) is 14.2 Å². The summed E-state index contributed by atoms with van der Waals surface area (Å²) in [6.45, 7) is 0.214. The number of hydroxylamine groups is 2. The first-order valence-corrected chi connectivity index (χ1v) is 3.82. The van der Waals surface area contributed by atoms with E-state index < -0.39 is 6.09 Å². The molecule has 0 radical (unpaired) electrons. The zero-order chi connectivity index (χ0) is 8.69. The molecule has 62 valence electrons. The molecule has 0 aliphatic carbocycles. The van der Waals surface area contributed by atoms with Crippen molar-refractivity contribution in [1.82, 2.24) is 5.06 Å². The monoisotopic (exact) mass is 269 g/mol. The van der Waals surface area contributed by atoms with Crippen LogP contribution >= 0.6 is 22.6 Å². The lowest BCUT2D eigenvalue weighted by molar-refractivity contribution is -0.0965. The maximum Gasteiger partial charge on any atom is 0.434 e. The van der Waals surface area contributed by atoms with Crippen LogP contribution in [0, 0.1) is 9.85 Å². The zero-order valence-electron chi connectivity index (χ0n) is 6.26. The van der Waals surface area contributed by atoms with Gasteiger partial charge in [-0.1, -0.05) is 5.92 Å². The summed E-state index contributed by atoms with van der Waals surface area (Å²) < 4.78 is 6.99. The van der Waals surface area contributed by atoms with Crippen molar-refractivity contribution in [3.63, 3.8) is 0 Å². The van der Waals surface area contributed by atoms with Gasteiger partial charge in [-0.25, -0.2) is 4.79 Å². The van der Waals surface area contributed by atoms with Crippen molar-refractivity contribution >= 4 is 28.7 Å². The molecule has 0 saturated heterocycles. The molecule has 4 nitrogen and oxygen atoms in total. The average molecular weight is 269 g/mol. The van der Waals surface area contributed by atoms with Crippen molar-refractivity contribution in [2.45, 2.75) is 0 Å². The summed E-state index contributed by atoms with van der Waals surface area (Å²) in [4.78, 5) is 15.4. The molecule has 0 heterocycles. The highest BCUT2D eigenvalue weighted by Crippen LogP contribution is 1.91. The fourth-order valence-corrected chi connectivity index (χ4v) is 0.578. The Bertz CT molecular complexity index is 184. The fourth-order valence-electron chi connectivity index (χ4n) is 0.407. The van der Waals surface area contributed by atoms with Gasteiger partial charge in [0.2, 0.25) is 0 Å². The van der Waals surface area contributed by atoms with E-state index in [0.29, 0.717) is 0 Å². The van der Waals surface area contributed by atoms with Gasteiger partial charge in [0, 0.05) is 22.6 Å². The third kappa shape index (κ3) is 4.06. The molecule has 0 saturated carbocycles. The molecule has 0 unspecified atom stereocenters.